The van der Waals surface area contributed by atoms with E-state index in [-0.39, 0.29) is 5.54 Å². The molecule has 0 bridgehead atoms. The first-order valence-corrected chi connectivity index (χ1v) is 7.55. The third-order valence-electron chi connectivity index (χ3n) is 4.16. The smallest absolute Gasteiger partial charge is 0.105 e. The number of nitriles is 1. The van der Waals surface area contributed by atoms with Crippen LogP contribution in [0.2, 0.25) is 0 Å². The van der Waals surface area contributed by atoms with E-state index in [9.17, 15) is 5.26 Å². The van der Waals surface area contributed by atoms with Crippen molar-refractivity contribution in [3.8, 4) is 6.07 Å². The van der Waals surface area contributed by atoms with Crippen molar-refractivity contribution in [2.24, 2.45) is 0 Å². The second kappa shape index (κ2) is 7.76. The molecule has 0 aromatic carbocycles. The van der Waals surface area contributed by atoms with Gasteiger partial charge in [-0.15, -0.1) is 0 Å². The molecular formula is C15H29N3. The van der Waals surface area contributed by atoms with Gasteiger partial charge in [0, 0.05) is 12.6 Å². The van der Waals surface area contributed by atoms with Crippen LogP contribution in [0, 0.1) is 11.3 Å². The Balaban J connectivity index is 2.42. The van der Waals surface area contributed by atoms with Crippen molar-refractivity contribution in [3.63, 3.8) is 0 Å². The van der Waals surface area contributed by atoms with E-state index in [0.717, 1.165) is 38.5 Å². The molecule has 1 saturated carbocycles. The van der Waals surface area contributed by atoms with E-state index < -0.39 is 0 Å². The topological polar surface area (TPSA) is 39.1 Å². The van der Waals surface area contributed by atoms with Crippen LogP contribution >= 0.6 is 0 Å². The minimum Gasteiger partial charge on any atom is -0.301 e. The summed E-state index contributed by atoms with van der Waals surface area (Å²) >= 11 is 0. The summed E-state index contributed by atoms with van der Waals surface area (Å²) in [6.45, 7) is 9.50. The van der Waals surface area contributed by atoms with E-state index in [0.29, 0.717) is 0 Å². The third-order valence-corrected chi connectivity index (χ3v) is 4.16. The Bertz CT molecular complexity index is 265. The minimum atomic E-state index is -0.359. The molecule has 1 aliphatic carbocycles. The van der Waals surface area contributed by atoms with Crippen molar-refractivity contribution in [2.75, 3.05) is 19.6 Å². The van der Waals surface area contributed by atoms with Gasteiger partial charge in [0.1, 0.15) is 5.54 Å². The highest BCUT2D eigenvalue weighted by atomic mass is 15.2. The Morgan fingerprint density at radius 1 is 1.33 bits per heavy atom. The van der Waals surface area contributed by atoms with Crippen molar-refractivity contribution in [3.05, 3.63) is 0 Å². The standard InChI is InChI=1S/C15H29N3/c1-4-11-17-15(3,13-16)10-12-18(5-2)14-8-6-7-9-14/h14,17H,4-12H2,1-3H3. The maximum atomic E-state index is 9.33. The molecule has 0 radical (unpaired) electrons. The summed E-state index contributed by atoms with van der Waals surface area (Å²) < 4.78 is 0. The fourth-order valence-electron chi connectivity index (χ4n) is 2.82. The molecule has 1 N–H and O–H groups in total. The molecule has 1 fully saturated rings. The van der Waals surface area contributed by atoms with E-state index in [1.807, 2.05) is 6.92 Å². The Morgan fingerprint density at radius 3 is 2.50 bits per heavy atom. The predicted octanol–water partition coefficient (Wildman–Crippen LogP) is 2.92. The van der Waals surface area contributed by atoms with Crippen molar-refractivity contribution in [1.82, 2.24) is 10.2 Å². The average Bonchev–Trinajstić information content (AvgIpc) is 2.91. The van der Waals surface area contributed by atoms with Gasteiger partial charge >= 0.3 is 0 Å². The van der Waals surface area contributed by atoms with Gasteiger partial charge in [-0.1, -0.05) is 26.7 Å². The summed E-state index contributed by atoms with van der Waals surface area (Å²) in [5, 5.41) is 12.7. The zero-order chi connectivity index (χ0) is 13.4. The van der Waals surface area contributed by atoms with Gasteiger partial charge in [-0.3, -0.25) is 5.32 Å². The normalized spacial score (nSPS) is 19.9. The average molecular weight is 251 g/mol. The molecular weight excluding hydrogens is 222 g/mol. The molecule has 0 aromatic rings. The van der Waals surface area contributed by atoms with E-state index in [2.05, 4.69) is 30.1 Å². The number of hydrogen-bond donors (Lipinski definition) is 1. The highest BCUT2D eigenvalue weighted by molar-refractivity contribution is 5.04. The molecule has 1 rings (SSSR count). The summed E-state index contributed by atoms with van der Waals surface area (Å²) in [7, 11) is 0. The van der Waals surface area contributed by atoms with Crippen LogP contribution in [-0.2, 0) is 0 Å². The first-order chi connectivity index (χ1) is 8.65. The summed E-state index contributed by atoms with van der Waals surface area (Å²) in [5.74, 6) is 0. The van der Waals surface area contributed by atoms with Crippen LogP contribution in [0.15, 0.2) is 0 Å². The monoisotopic (exact) mass is 251 g/mol. The quantitative estimate of drug-likeness (QED) is 0.721. The Labute approximate surface area is 113 Å². The highest BCUT2D eigenvalue weighted by Crippen LogP contribution is 2.24. The lowest BCUT2D eigenvalue weighted by molar-refractivity contribution is 0.191. The molecule has 1 unspecified atom stereocenters. The number of hydrogen-bond acceptors (Lipinski definition) is 3. The van der Waals surface area contributed by atoms with Crippen molar-refractivity contribution < 1.29 is 0 Å². The Morgan fingerprint density at radius 2 is 2.00 bits per heavy atom. The fourth-order valence-corrected chi connectivity index (χ4v) is 2.82. The van der Waals surface area contributed by atoms with Crippen LogP contribution in [0.4, 0.5) is 0 Å². The zero-order valence-corrected chi connectivity index (χ0v) is 12.3. The van der Waals surface area contributed by atoms with Crippen LogP contribution in [0.5, 0.6) is 0 Å². The zero-order valence-electron chi connectivity index (χ0n) is 12.3. The largest absolute Gasteiger partial charge is 0.301 e. The van der Waals surface area contributed by atoms with Gasteiger partial charge in [-0.25, -0.2) is 0 Å². The fraction of sp³-hybridized carbons (Fsp3) is 0.933. The molecule has 0 spiro atoms. The molecule has 104 valence electrons. The van der Waals surface area contributed by atoms with Gasteiger partial charge in [0.05, 0.1) is 6.07 Å². The maximum absolute atomic E-state index is 9.33. The van der Waals surface area contributed by atoms with Gasteiger partial charge in [0.15, 0.2) is 0 Å². The van der Waals surface area contributed by atoms with E-state index in [4.69, 9.17) is 0 Å². The molecule has 3 heteroatoms. The molecule has 1 atom stereocenters. The van der Waals surface area contributed by atoms with Crippen LogP contribution in [0.25, 0.3) is 0 Å². The lowest BCUT2D eigenvalue weighted by atomic mass is 9.98. The molecule has 18 heavy (non-hydrogen) atoms. The van der Waals surface area contributed by atoms with Crippen LogP contribution in [-0.4, -0.2) is 36.1 Å². The molecule has 1 aliphatic rings. The highest BCUT2D eigenvalue weighted by Gasteiger charge is 2.26. The van der Waals surface area contributed by atoms with Crippen molar-refractivity contribution in [2.45, 2.75) is 70.9 Å². The summed E-state index contributed by atoms with van der Waals surface area (Å²) in [5.41, 5.74) is -0.359. The Hall–Kier alpha value is -0.590. The minimum absolute atomic E-state index is 0.359. The molecule has 3 nitrogen and oxygen atoms in total. The molecule has 0 saturated heterocycles. The van der Waals surface area contributed by atoms with Gasteiger partial charge in [0.2, 0.25) is 0 Å². The lowest BCUT2D eigenvalue weighted by Gasteiger charge is -2.31. The van der Waals surface area contributed by atoms with Gasteiger partial charge in [-0.05, 0) is 45.7 Å². The van der Waals surface area contributed by atoms with Gasteiger partial charge in [0.25, 0.3) is 0 Å². The van der Waals surface area contributed by atoms with Crippen molar-refractivity contribution in [1.29, 1.82) is 5.26 Å². The first kappa shape index (κ1) is 15.5. The number of rotatable bonds is 8. The van der Waals surface area contributed by atoms with Crippen LogP contribution in [0.3, 0.4) is 0 Å². The summed E-state index contributed by atoms with van der Waals surface area (Å²) in [6, 6.07) is 3.21. The SMILES string of the molecule is CCCNC(C)(C#N)CCN(CC)C1CCCC1. The number of nitrogens with one attached hydrogen (secondary N) is 1. The molecule has 0 heterocycles. The van der Waals surface area contributed by atoms with E-state index in [1.165, 1.54) is 25.7 Å². The third kappa shape index (κ3) is 4.59. The molecule has 0 amide bonds. The van der Waals surface area contributed by atoms with E-state index in [1.54, 1.807) is 0 Å². The Kier molecular flexibility index (Phi) is 6.67. The first-order valence-electron chi connectivity index (χ1n) is 7.55. The lowest BCUT2D eigenvalue weighted by Crippen LogP contribution is -2.45. The predicted molar refractivity (Wildman–Crippen MR) is 76.4 cm³/mol. The van der Waals surface area contributed by atoms with Gasteiger partial charge in [-0.2, -0.15) is 5.26 Å². The maximum Gasteiger partial charge on any atom is 0.105 e. The summed E-state index contributed by atoms with van der Waals surface area (Å²) in [6.07, 6.45) is 7.46. The molecule has 0 aromatic heterocycles. The van der Waals surface area contributed by atoms with Gasteiger partial charge < -0.3 is 4.90 Å². The van der Waals surface area contributed by atoms with Crippen LogP contribution in [0.1, 0.15) is 59.3 Å². The van der Waals surface area contributed by atoms with Crippen LogP contribution < -0.4 is 5.32 Å². The van der Waals surface area contributed by atoms with E-state index >= 15 is 0 Å². The number of nitrogens with zero attached hydrogens (tertiary/aromatic N) is 2. The second-order valence-electron chi connectivity index (χ2n) is 5.69. The summed E-state index contributed by atoms with van der Waals surface area (Å²) in [4.78, 5) is 2.57. The second-order valence-corrected chi connectivity index (χ2v) is 5.69. The molecule has 0 aliphatic heterocycles. The van der Waals surface area contributed by atoms with Crippen molar-refractivity contribution >= 4 is 0 Å².